The van der Waals surface area contributed by atoms with E-state index in [1.807, 2.05) is 44.2 Å². The zero-order valence-corrected chi connectivity index (χ0v) is 16.0. The molecule has 0 aromatic heterocycles. The Morgan fingerprint density at radius 1 is 1.07 bits per heavy atom. The van der Waals surface area contributed by atoms with Crippen molar-refractivity contribution in [2.24, 2.45) is 0 Å². The minimum absolute atomic E-state index is 0.0927. The van der Waals surface area contributed by atoms with Crippen molar-refractivity contribution in [1.82, 2.24) is 0 Å². The minimum atomic E-state index is -0.370. The largest absolute Gasteiger partial charge is 0.489 e. The fourth-order valence-electron chi connectivity index (χ4n) is 4.13. The van der Waals surface area contributed by atoms with E-state index < -0.39 is 0 Å². The third kappa shape index (κ3) is 2.39. The van der Waals surface area contributed by atoms with Crippen LogP contribution >= 0.6 is 0 Å². The van der Waals surface area contributed by atoms with Gasteiger partial charge in [-0.25, -0.2) is 0 Å². The lowest BCUT2D eigenvalue weighted by atomic mass is 9.80. The van der Waals surface area contributed by atoms with Crippen LogP contribution in [0.25, 0.3) is 6.08 Å². The zero-order valence-electron chi connectivity index (χ0n) is 16.0. The summed E-state index contributed by atoms with van der Waals surface area (Å²) >= 11 is 0. The molecule has 4 nitrogen and oxygen atoms in total. The average molecular weight is 362 g/mol. The van der Waals surface area contributed by atoms with Gasteiger partial charge in [-0.15, -0.1) is 0 Å². The maximum Gasteiger partial charge on any atom is 0.178 e. The number of rotatable bonds is 0. The average Bonchev–Trinajstić information content (AvgIpc) is 2.61. The lowest BCUT2D eigenvalue weighted by Gasteiger charge is -2.39. The molecule has 0 N–H and O–H groups in total. The van der Waals surface area contributed by atoms with Crippen molar-refractivity contribution >= 4 is 11.9 Å². The first-order chi connectivity index (χ1) is 12.8. The number of carbonyl (C=O) groups is 1. The van der Waals surface area contributed by atoms with Crippen molar-refractivity contribution in [2.75, 3.05) is 6.61 Å². The van der Waals surface area contributed by atoms with E-state index in [0.29, 0.717) is 17.9 Å². The molecule has 0 bridgehead atoms. The Hall–Kier alpha value is -2.75. The first-order valence-corrected chi connectivity index (χ1v) is 9.34. The van der Waals surface area contributed by atoms with Crippen LogP contribution in [0.5, 0.6) is 17.2 Å². The highest BCUT2D eigenvalue weighted by molar-refractivity contribution is 6.06. The lowest BCUT2D eigenvalue weighted by molar-refractivity contribution is 0.0554. The summed E-state index contributed by atoms with van der Waals surface area (Å²) in [6.45, 7) is 8.49. The smallest absolute Gasteiger partial charge is 0.178 e. The van der Waals surface area contributed by atoms with Gasteiger partial charge in [0.2, 0.25) is 0 Å². The quantitative estimate of drug-likeness (QED) is 0.687. The van der Waals surface area contributed by atoms with Crippen molar-refractivity contribution < 1.29 is 19.0 Å². The SMILES string of the molecule is Cc1cc2c(cc1C)[C@@H]1C(=O)c3ccc4c(c3O[C@@H]1CO2)C=CC(C)(C)O4. The molecule has 2 aromatic carbocycles. The number of benzene rings is 2. The van der Waals surface area contributed by atoms with E-state index in [2.05, 4.69) is 19.9 Å². The second kappa shape index (κ2) is 5.38. The van der Waals surface area contributed by atoms with E-state index in [-0.39, 0.29) is 23.4 Å². The molecule has 2 atom stereocenters. The zero-order chi connectivity index (χ0) is 18.9. The Labute approximate surface area is 158 Å². The molecular formula is C23H22O4. The summed E-state index contributed by atoms with van der Waals surface area (Å²) in [4.78, 5) is 13.4. The molecule has 0 radical (unpaired) electrons. The summed E-state index contributed by atoms with van der Waals surface area (Å²) < 4.78 is 18.3. The summed E-state index contributed by atoms with van der Waals surface area (Å²) in [6.07, 6.45) is 3.67. The lowest BCUT2D eigenvalue weighted by Crippen LogP contribution is -2.43. The molecule has 3 aliphatic rings. The number of ether oxygens (including phenoxy) is 3. The fourth-order valence-corrected chi connectivity index (χ4v) is 4.13. The summed E-state index contributed by atoms with van der Waals surface area (Å²) in [7, 11) is 0. The number of hydrogen-bond acceptors (Lipinski definition) is 4. The molecule has 0 aliphatic carbocycles. The van der Waals surface area contributed by atoms with E-state index in [1.165, 1.54) is 0 Å². The maximum absolute atomic E-state index is 13.4. The standard InChI is InChI=1S/C23H22O4/c1-12-9-16-18(10-13(12)2)25-11-19-20(16)21(24)15-5-6-17-14(22(15)26-19)7-8-23(3,4)27-17/h5-10,19-20H,11H2,1-4H3/t19-,20+/m1/s1. The summed E-state index contributed by atoms with van der Waals surface area (Å²) in [5, 5.41) is 0. The molecule has 3 aliphatic heterocycles. The molecule has 0 saturated carbocycles. The van der Waals surface area contributed by atoms with Gasteiger partial charge in [-0.2, -0.15) is 0 Å². The summed E-state index contributed by atoms with van der Waals surface area (Å²) in [5.74, 6) is 1.92. The molecule has 2 aromatic rings. The number of Topliss-reactive ketones (excluding diaryl/α,β-unsaturated/α-hetero) is 1. The van der Waals surface area contributed by atoms with Gasteiger partial charge < -0.3 is 14.2 Å². The van der Waals surface area contributed by atoms with Crippen molar-refractivity contribution in [3.63, 3.8) is 0 Å². The third-order valence-electron chi connectivity index (χ3n) is 5.73. The van der Waals surface area contributed by atoms with E-state index in [0.717, 1.165) is 33.8 Å². The predicted octanol–water partition coefficient (Wildman–Crippen LogP) is 4.61. The maximum atomic E-state index is 13.4. The fraction of sp³-hybridized carbons (Fsp3) is 0.348. The molecule has 4 heteroatoms. The van der Waals surface area contributed by atoms with Gasteiger partial charge in [0.05, 0.1) is 17.0 Å². The van der Waals surface area contributed by atoms with Gasteiger partial charge >= 0.3 is 0 Å². The van der Waals surface area contributed by atoms with Crippen LogP contribution in [0, 0.1) is 13.8 Å². The van der Waals surface area contributed by atoms with Crippen LogP contribution in [0.1, 0.15) is 52.4 Å². The molecule has 0 unspecified atom stereocenters. The Morgan fingerprint density at radius 2 is 1.85 bits per heavy atom. The molecule has 5 rings (SSSR count). The normalized spacial score (nSPS) is 23.8. The highest BCUT2D eigenvalue weighted by Crippen LogP contribution is 2.47. The van der Waals surface area contributed by atoms with Crippen molar-refractivity contribution in [1.29, 1.82) is 0 Å². The van der Waals surface area contributed by atoms with Gasteiger partial charge in [-0.3, -0.25) is 4.79 Å². The molecule has 138 valence electrons. The second-order valence-electron chi connectivity index (χ2n) is 8.18. The molecular weight excluding hydrogens is 340 g/mol. The molecule has 0 spiro atoms. The highest BCUT2D eigenvalue weighted by Gasteiger charge is 2.44. The molecule has 3 heterocycles. The van der Waals surface area contributed by atoms with Crippen LogP contribution in [0.4, 0.5) is 0 Å². The predicted molar refractivity (Wildman–Crippen MR) is 103 cm³/mol. The Balaban J connectivity index is 1.63. The van der Waals surface area contributed by atoms with Gasteiger partial charge in [0.1, 0.15) is 35.6 Å². The van der Waals surface area contributed by atoms with E-state index in [1.54, 1.807) is 0 Å². The first-order valence-electron chi connectivity index (χ1n) is 9.34. The van der Waals surface area contributed by atoms with Crippen LogP contribution in [0.3, 0.4) is 0 Å². The van der Waals surface area contributed by atoms with E-state index in [9.17, 15) is 4.79 Å². The molecule has 0 amide bonds. The van der Waals surface area contributed by atoms with Gasteiger partial charge in [-0.05, 0) is 69.2 Å². The summed E-state index contributed by atoms with van der Waals surface area (Å²) in [6, 6.07) is 7.80. The number of carbonyl (C=O) groups excluding carboxylic acids is 1. The highest BCUT2D eigenvalue weighted by atomic mass is 16.5. The molecule has 27 heavy (non-hydrogen) atoms. The van der Waals surface area contributed by atoms with E-state index in [4.69, 9.17) is 14.2 Å². The van der Waals surface area contributed by atoms with Crippen LogP contribution in [-0.4, -0.2) is 24.1 Å². The number of hydrogen-bond donors (Lipinski definition) is 0. The first kappa shape index (κ1) is 16.4. The van der Waals surface area contributed by atoms with Gasteiger partial charge in [0.25, 0.3) is 0 Å². The van der Waals surface area contributed by atoms with Crippen LogP contribution in [0.15, 0.2) is 30.3 Å². The molecule has 0 fully saturated rings. The van der Waals surface area contributed by atoms with Gasteiger partial charge in [-0.1, -0.05) is 6.07 Å². The third-order valence-corrected chi connectivity index (χ3v) is 5.73. The Morgan fingerprint density at radius 3 is 2.67 bits per heavy atom. The van der Waals surface area contributed by atoms with E-state index >= 15 is 0 Å². The molecule has 0 saturated heterocycles. The number of ketones is 1. The van der Waals surface area contributed by atoms with Gasteiger partial charge in [0.15, 0.2) is 5.78 Å². The minimum Gasteiger partial charge on any atom is -0.489 e. The van der Waals surface area contributed by atoms with Crippen molar-refractivity contribution in [2.45, 2.75) is 45.3 Å². The Bertz CT molecular complexity index is 1020. The van der Waals surface area contributed by atoms with Crippen LogP contribution < -0.4 is 14.2 Å². The van der Waals surface area contributed by atoms with Crippen LogP contribution in [-0.2, 0) is 0 Å². The topological polar surface area (TPSA) is 44.8 Å². The van der Waals surface area contributed by atoms with Crippen molar-refractivity contribution in [3.05, 3.63) is 58.2 Å². The van der Waals surface area contributed by atoms with Crippen molar-refractivity contribution in [3.8, 4) is 17.2 Å². The monoisotopic (exact) mass is 362 g/mol. The number of fused-ring (bicyclic) bond motifs is 6. The summed E-state index contributed by atoms with van der Waals surface area (Å²) in [5.41, 5.74) is 4.33. The second-order valence-corrected chi connectivity index (χ2v) is 8.18. The number of aryl methyl sites for hydroxylation is 2. The van der Waals surface area contributed by atoms with Gasteiger partial charge in [0, 0.05) is 5.56 Å². The Kier molecular flexibility index (Phi) is 3.27. The van der Waals surface area contributed by atoms with Crippen LogP contribution in [0.2, 0.25) is 0 Å².